The molecule has 2 saturated carbocycles. The number of ether oxygens (including phenoxy) is 2. The Morgan fingerprint density at radius 1 is 0.647 bits per heavy atom. The smallest absolute Gasteiger partial charge is 0.121 e. The van der Waals surface area contributed by atoms with Gasteiger partial charge >= 0.3 is 0 Å². The predicted molar refractivity (Wildman–Crippen MR) is 137 cm³/mol. The van der Waals surface area contributed by atoms with E-state index in [2.05, 4.69) is 104 Å². The molecule has 2 aliphatic heterocycles. The van der Waals surface area contributed by atoms with Gasteiger partial charge in [-0.3, -0.25) is 0 Å². The maximum atomic E-state index is 10.2. The van der Waals surface area contributed by atoms with Gasteiger partial charge in [-0.15, -0.1) is 0 Å². The maximum absolute atomic E-state index is 10.2. The van der Waals surface area contributed by atoms with Crippen LogP contribution in [0.15, 0.2) is 59.8 Å². The van der Waals surface area contributed by atoms with Gasteiger partial charge in [0.1, 0.15) is 22.4 Å². The van der Waals surface area contributed by atoms with Crippen molar-refractivity contribution in [2.24, 2.45) is 10.8 Å². The Morgan fingerprint density at radius 3 is 1.32 bits per heavy atom. The van der Waals surface area contributed by atoms with E-state index in [0.29, 0.717) is 12.8 Å². The van der Waals surface area contributed by atoms with Crippen molar-refractivity contribution in [3.05, 3.63) is 59.8 Å². The molecule has 4 aliphatic rings. The van der Waals surface area contributed by atoms with Crippen LogP contribution >= 0.6 is 0 Å². The van der Waals surface area contributed by atoms with Gasteiger partial charge in [-0.25, -0.2) is 0 Å². The normalized spacial score (nSPS) is 45.6. The summed E-state index contributed by atoms with van der Waals surface area (Å²) in [5, 5.41) is 20.4. The summed E-state index contributed by atoms with van der Waals surface area (Å²) in [4.78, 5) is 0. The molecule has 4 nitrogen and oxygen atoms in total. The molecule has 4 fully saturated rings. The minimum atomic E-state index is -0.291. The van der Waals surface area contributed by atoms with Gasteiger partial charge in [0.25, 0.3) is 0 Å². The average Bonchev–Trinajstić information content (AvgIpc) is 3.51. The van der Waals surface area contributed by atoms with Crippen LogP contribution in [0.5, 0.6) is 0 Å². The second-order valence-electron chi connectivity index (χ2n) is 12.9. The first kappa shape index (κ1) is 25.6. The molecule has 2 aliphatic carbocycles. The van der Waals surface area contributed by atoms with Gasteiger partial charge in [0.2, 0.25) is 0 Å². The van der Waals surface area contributed by atoms with Gasteiger partial charge in [0, 0.05) is 23.7 Å². The van der Waals surface area contributed by atoms with E-state index in [1.165, 1.54) is 0 Å². The minimum absolute atomic E-state index is 0.0932. The van der Waals surface area contributed by atoms with Crippen LogP contribution in [-0.2, 0) is 9.47 Å². The molecule has 4 heteroatoms. The van der Waals surface area contributed by atoms with Crippen LogP contribution < -0.4 is 0 Å². The quantitative estimate of drug-likeness (QED) is 0.373. The number of fused-ring (bicyclic) bond motifs is 2. The predicted octanol–water partition coefficient (Wildman–Crippen LogP) is 5.96. The molecular weight excluding hydrogens is 424 g/mol. The first-order chi connectivity index (χ1) is 15.6. The summed E-state index contributed by atoms with van der Waals surface area (Å²) in [6, 6.07) is 0. The third-order valence-corrected chi connectivity index (χ3v) is 9.00. The third-order valence-electron chi connectivity index (χ3n) is 9.00. The topological polar surface area (TPSA) is 65.5 Å². The summed E-state index contributed by atoms with van der Waals surface area (Å²) >= 11 is 0. The summed E-state index contributed by atoms with van der Waals surface area (Å²) < 4.78 is 12.5. The molecule has 0 radical (unpaired) electrons. The van der Waals surface area contributed by atoms with E-state index in [-0.39, 0.29) is 45.4 Å². The molecule has 2 saturated heterocycles. The van der Waals surface area contributed by atoms with Crippen molar-refractivity contribution in [3.8, 4) is 0 Å². The number of hydrogen-bond acceptors (Lipinski definition) is 4. The molecule has 0 aromatic rings. The number of aliphatic hydroxyl groups is 2. The van der Waals surface area contributed by atoms with Gasteiger partial charge in [0.05, 0.1) is 12.2 Å². The van der Waals surface area contributed by atoms with E-state index in [1.54, 1.807) is 0 Å². The highest BCUT2D eigenvalue weighted by Crippen LogP contribution is 2.67. The summed E-state index contributed by atoms with van der Waals surface area (Å²) in [6.45, 7) is 17.2. The zero-order valence-corrected chi connectivity index (χ0v) is 22.3. The first-order valence-electron chi connectivity index (χ1n) is 12.8. The average molecular weight is 469 g/mol. The Kier molecular flexibility index (Phi) is 6.05. The van der Waals surface area contributed by atoms with Crippen molar-refractivity contribution in [1.82, 2.24) is 0 Å². The fourth-order valence-electron chi connectivity index (χ4n) is 7.17. The highest BCUT2D eigenvalue weighted by Gasteiger charge is 2.75. The molecule has 0 aromatic heterocycles. The summed E-state index contributed by atoms with van der Waals surface area (Å²) in [7, 11) is 0. The minimum Gasteiger partial charge on any atom is -0.393 e. The molecule has 2 N–H and O–H groups in total. The molecule has 0 amide bonds. The second-order valence-corrected chi connectivity index (χ2v) is 12.9. The van der Waals surface area contributed by atoms with E-state index in [1.807, 2.05) is 0 Å². The van der Waals surface area contributed by atoms with E-state index in [4.69, 9.17) is 9.47 Å². The van der Waals surface area contributed by atoms with Crippen molar-refractivity contribution in [2.75, 3.05) is 0 Å². The van der Waals surface area contributed by atoms with Crippen LogP contribution in [0.1, 0.15) is 81.1 Å². The van der Waals surface area contributed by atoms with Gasteiger partial charge in [-0.1, -0.05) is 75.3 Å². The highest BCUT2D eigenvalue weighted by atomic mass is 16.6. The lowest BCUT2D eigenvalue weighted by molar-refractivity contribution is 0.0510. The van der Waals surface area contributed by atoms with Crippen molar-refractivity contribution in [1.29, 1.82) is 0 Å². The number of aliphatic hydroxyl groups excluding tert-OH is 2. The molecule has 6 atom stereocenters. The molecule has 2 heterocycles. The first-order valence-corrected chi connectivity index (χ1v) is 12.8. The molecule has 0 unspecified atom stereocenters. The molecular formula is C30H44O4. The third kappa shape index (κ3) is 4.01. The molecule has 4 rings (SSSR count). The zero-order chi connectivity index (χ0) is 25.2. The highest BCUT2D eigenvalue weighted by molar-refractivity contribution is 5.38. The van der Waals surface area contributed by atoms with Gasteiger partial charge in [-0.2, -0.15) is 0 Å². The van der Waals surface area contributed by atoms with Crippen molar-refractivity contribution < 1.29 is 19.7 Å². The Hall–Kier alpha value is -1.46. The molecule has 0 aromatic carbocycles. The monoisotopic (exact) mass is 468 g/mol. The largest absolute Gasteiger partial charge is 0.393 e. The number of epoxide rings is 2. The zero-order valence-electron chi connectivity index (χ0n) is 22.3. The lowest BCUT2D eigenvalue weighted by Gasteiger charge is -2.39. The van der Waals surface area contributed by atoms with Gasteiger partial charge < -0.3 is 19.7 Å². The number of allylic oxidation sites excluding steroid dienone is 8. The van der Waals surface area contributed by atoms with Gasteiger partial charge in [0.15, 0.2) is 0 Å². The van der Waals surface area contributed by atoms with Gasteiger partial charge in [-0.05, 0) is 52.7 Å². The van der Waals surface area contributed by atoms with Crippen molar-refractivity contribution >= 4 is 0 Å². The Labute approximate surface area is 206 Å². The van der Waals surface area contributed by atoms with E-state index in [9.17, 15) is 10.2 Å². The standard InChI is InChI=1S/C30H44O4/c1-21(13-15-29-25(3,4)17-23(31)19-27(29,7)33-29)11-9-10-12-22(2)14-16-30-26(5,6)18-24(32)20-28(30,8)34-30/h9-16,23-24,31-32H,17-20H2,1-8H3/b10-9+,15-13+,16-14+,21-11+,22-12+/t23-,24-,27+,28+,29-,30-/m0/s1. The van der Waals surface area contributed by atoms with Crippen LogP contribution in [0.2, 0.25) is 0 Å². The van der Waals surface area contributed by atoms with Crippen molar-refractivity contribution in [3.63, 3.8) is 0 Å². The Balaban J connectivity index is 1.37. The Bertz CT molecular complexity index is 904. The number of rotatable bonds is 6. The van der Waals surface area contributed by atoms with Crippen LogP contribution in [0, 0.1) is 10.8 Å². The van der Waals surface area contributed by atoms with E-state index in [0.717, 1.165) is 24.0 Å². The number of hydrogen-bond donors (Lipinski definition) is 2. The fraction of sp³-hybridized carbons (Fsp3) is 0.667. The SMILES string of the molecule is CC(/C=C/[C@@]12O[C@]1(C)C[C@@H](O)CC2(C)C)=C\C=C\C=C(C)\C=C\[C@@]12O[C@]1(C)C[C@@H](O)CC2(C)C. The summed E-state index contributed by atoms with van der Waals surface area (Å²) in [6.07, 6.45) is 19.4. The lowest BCUT2D eigenvalue weighted by atomic mass is 9.63. The summed E-state index contributed by atoms with van der Waals surface area (Å²) in [5.41, 5.74) is 1.03. The van der Waals surface area contributed by atoms with Crippen LogP contribution in [-0.4, -0.2) is 44.8 Å². The second kappa shape index (κ2) is 8.03. The van der Waals surface area contributed by atoms with Crippen LogP contribution in [0.25, 0.3) is 0 Å². The maximum Gasteiger partial charge on any atom is 0.121 e. The molecule has 0 bridgehead atoms. The lowest BCUT2D eigenvalue weighted by Crippen LogP contribution is -2.46. The van der Waals surface area contributed by atoms with Crippen molar-refractivity contribution in [2.45, 2.75) is 116 Å². The Morgan fingerprint density at radius 2 is 1.00 bits per heavy atom. The fourth-order valence-corrected chi connectivity index (χ4v) is 7.17. The van der Waals surface area contributed by atoms with E-state index >= 15 is 0 Å². The molecule has 0 spiro atoms. The van der Waals surface area contributed by atoms with E-state index < -0.39 is 0 Å². The van der Waals surface area contributed by atoms with Crippen LogP contribution in [0.4, 0.5) is 0 Å². The summed E-state index contributed by atoms with van der Waals surface area (Å²) in [5.74, 6) is 0. The molecule has 34 heavy (non-hydrogen) atoms. The van der Waals surface area contributed by atoms with Crippen LogP contribution in [0.3, 0.4) is 0 Å². The molecule has 188 valence electrons.